The average Bonchev–Trinajstić information content (AvgIpc) is 3.55. The predicted molar refractivity (Wildman–Crippen MR) is 122 cm³/mol. The maximum atomic E-state index is 12.8. The fraction of sp³-hybridized carbons (Fsp3) is 0.280. The monoisotopic (exact) mass is 433 g/mol. The lowest BCUT2D eigenvalue weighted by Gasteiger charge is -2.29. The third kappa shape index (κ3) is 5.00. The quantitative estimate of drug-likeness (QED) is 0.559. The predicted octanol–water partition coefficient (Wildman–Crippen LogP) is 4.11. The summed E-state index contributed by atoms with van der Waals surface area (Å²) in [6, 6.07) is 18.1. The van der Waals surface area contributed by atoms with Crippen LogP contribution in [0.1, 0.15) is 45.4 Å². The number of methoxy groups -OCH3 is 1. The number of amides is 2. The van der Waals surface area contributed by atoms with Gasteiger partial charge in [0.05, 0.1) is 19.4 Å². The van der Waals surface area contributed by atoms with Gasteiger partial charge in [-0.15, -0.1) is 0 Å². The van der Waals surface area contributed by atoms with Gasteiger partial charge in [-0.3, -0.25) is 14.5 Å². The Morgan fingerprint density at radius 3 is 2.44 bits per heavy atom. The molecule has 1 aromatic heterocycles. The molecule has 0 unspecified atom stereocenters. The summed E-state index contributed by atoms with van der Waals surface area (Å²) >= 11 is 0. The van der Waals surface area contributed by atoms with Crippen LogP contribution in [0.5, 0.6) is 5.75 Å². The van der Waals surface area contributed by atoms with E-state index in [1.165, 1.54) is 6.26 Å². The molecular weight excluding hydrogens is 406 g/mol. The molecule has 7 nitrogen and oxygen atoms in total. The van der Waals surface area contributed by atoms with Gasteiger partial charge < -0.3 is 19.8 Å². The Morgan fingerprint density at radius 2 is 1.75 bits per heavy atom. The summed E-state index contributed by atoms with van der Waals surface area (Å²) in [6.07, 6.45) is 3.76. The molecule has 0 aliphatic carbocycles. The van der Waals surface area contributed by atoms with Crippen LogP contribution in [0.15, 0.2) is 71.3 Å². The van der Waals surface area contributed by atoms with Crippen LogP contribution in [0.25, 0.3) is 0 Å². The van der Waals surface area contributed by atoms with Crippen molar-refractivity contribution in [2.45, 2.75) is 18.9 Å². The standard InChI is InChI=1S/C25H27N3O4/c1-31-22-8-3-2-7-20(22)21(28-14-4-5-15-28)17-26-24(29)18-10-12-19(13-11-18)27-25(30)23-9-6-16-32-23/h2-3,6-13,16,21H,4-5,14-15,17H2,1H3,(H,26,29)(H,27,30)/t21-/m1/s1. The van der Waals surface area contributed by atoms with Crippen LogP contribution in [-0.4, -0.2) is 43.5 Å². The van der Waals surface area contributed by atoms with Gasteiger partial charge in [-0.05, 0) is 68.4 Å². The number of carbonyl (C=O) groups excluding carboxylic acids is 2. The molecule has 7 heteroatoms. The van der Waals surface area contributed by atoms with Crippen LogP contribution < -0.4 is 15.4 Å². The van der Waals surface area contributed by atoms with Crippen LogP contribution in [0.4, 0.5) is 5.69 Å². The summed E-state index contributed by atoms with van der Waals surface area (Å²) in [5, 5.41) is 5.82. The fourth-order valence-corrected chi connectivity index (χ4v) is 4.03. The first-order valence-corrected chi connectivity index (χ1v) is 10.8. The molecule has 1 aliphatic rings. The molecule has 2 amide bonds. The van der Waals surface area contributed by atoms with Crippen molar-refractivity contribution in [1.29, 1.82) is 0 Å². The van der Waals surface area contributed by atoms with Crippen LogP contribution in [0.3, 0.4) is 0 Å². The summed E-state index contributed by atoms with van der Waals surface area (Å²) in [6.45, 7) is 2.49. The molecule has 1 fully saturated rings. The Kier molecular flexibility index (Phi) is 6.87. The average molecular weight is 434 g/mol. The second-order valence-corrected chi connectivity index (χ2v) is 7.72. The van der Waals surface area contributed by atoms with Crippen molar-refractivity contribution in [1.82, 2.24) is 10.2 Å². The number of likely N-dealkylation sites (tertiary alicyclic amines) is 1. The van der Waals surface area contributed by atoms with E-state index in [0.717, 1.165) is 37.2 Å². The van der Waals surface area contributed by atoms with E-state index in [-0.39, 0.29) is 23.6 Å². The van der Waals surface area contributed by atoms with Gasteiger partial charge in [-0.1, -0.05) is 18.2 Å². The molecule has 0 spiro atoms. The first kappa shape index (κ1) is 21.6. The summed E-state index contributed by atoms with van der Waals surface area (Å²) in [7, 11) is 1.67. The smallest absolute Gasteiger partial charge is 0.291 e. The van der Waals surface area contributed by atoms with E-state index in [4.69, 9.17) is 9.15 Å². The highest BCUT2D eigenvalue weighted by Crippen LogP contribution is 2.31. The van der Waals surface area contributed by atoms with Gasteiger partial charge in [-0.2, -0.15) is 0 Å². The van der Waals surface area contributed by atoms with E-state index in [0.29, 0.717) is 17.8 Å². The van der Waals surface area contributed by atoms with Crippen molar-refractivity contribution in [3.8, 4) is 5.75 Å². The summed E-state index contributed by atoms with van der Waals surface area (Å²) in [4.78, 5) is 27.3. The van der Waals surface area contributed by atoms with Crippen molar-refractivity contribution in [2.75, 3.05) is 32.1 Å². The van der Waals surface area contributed by atoms with E-state index in [9.17, 15) is 9.59 Å². The normalized spacial score (nSPS) is 14.7. The highest BCUT2D eigenvalue weighted by atomic mass is 16.5. The van der Waals surface area contributed by atoms with Crippen LogP contribution in [0, 0.1) is 0 Å². The number of rotatable bonds is 8. The van der Waals surface area contributed by atoms with E-state index < -0.39 is 0 Å². The summed E-state index contributed by atoms with van der Waals surface area (Å²) in [5.74, 6) is 0.567. The first-order valence-electron chi connectivity index (χ1n) is 10.8. The van der Waals surface area contributed by atoms with Crippen LogP contribution in [-0.2, 0) is 0 Å². The van der Waals surface area contributed by atoms with Crippen molar-refractivity contribution >= 4 is 17.5 Å². The minimum absolute atomic E-state index is 0.0458. The van der Waals surface area contributed by atoms with Crippen molar-refractivity contribution < 1.29 is 18.7 Å². The highest BCUT2D eigenvalue weighted by Gasteiger charge is 2.26. The Bertz CT molecular complexity index is 1040. The number of hydrogen-bond acceptors (Lipinski definition) is 5. The maximum absolute atomic E-state index is 12.8. The van der Waals surface area contributed by atoms with Gasteiger partial charge in [0.1, 0.15) is 5.75 Å². The van der Waals surface area contributed by atoms with Gasteiger partial charge in [0.25, 0.3) is 11.8 Å². The Hall–Kier alpha value is -3.58. The Balaban J connectivity index is 1.41. The highest BCUT2D eigenvalue weighted by molar-refractivity contribution is 6.02. The number of ether oxygens (including phenoxy) is 1. The van der Waals surface area contributed by atoms with Gasteiger partial charge in [-0.25, -0.2) is 0 Å². The van der Waals surface area contributed by atoms with Crippen LogP contribution >= 0.6 is 0 Å². The van der Waals surface area contributed by atoms with E-state index in [2.05, 4.69) is 21.6 Å². The molecule has 3 aromatic rings. The topological polar surface area (TPSA) is 83.8 Å². The fourth-order valence-electron chi connectivity index (χ4n) is 4.03. The van der Waals surface area contributed by atoms with Gasteiger partial charge >= 0.3 is 0 Å². The second-order valence-electron chi connectivity index (χ2n) is 7.72. The molecule has 4 rings (SSSR count). The third-order valence-corrected chi connectivity index (χ3v) is 5.69. The summed E-state index contributed by atoms with van der Waals surface area (Å²) < 4.78 is 10.7. The molecule has 2 N–H and O–H groups in total. The second kappa shape index (κ2) is 10.2. The first-order chi connectivity index (χ1) is 15.7. The lowest BCUT2D eigenvalue weighted by molar-refractivity contribution is 0.0936. The lowest BCUT2D eigenvalue weighted by atomic mass is 10.0. The van der Waals surface area contributed by atoms with Crippen LogP contribution in [0.2, 0.25) is 0 Å². The number of hydrogen-bond donors (Lipinski definition) is 2. The number of nitrogens with zero attached hydrogens (tertiary/aromatic N) is 1. The minimum Gasteiger partial charge on any atom is -0.496 e. The maximum Gasteiger partial charge on any atom is 0.291 e. The van der Waals surface area contributed by atoms with E-state index >= 15 is 0 Å². The zero-order valence-electron chi connectivity index (χ0n) is 18.0. The molecule has 32 heavy (non-hydrogen) atoms. The molecule has 2 heterocycles. The van der Waals surface area contributed by atoms with Gasteiger partial charge in [0.2, 0.25) is 0 Å². The molecule has 1 atom stereocenters. The van der Waals surface area contributed by atoms with E-state index in [1.54, 1.807) is 43.5 Å². The van der Waals surface area contributed by atoms with E-state index in [1.807, 2.05) is 18.2 Å². The Labute approximate surface area is 187 Å². The molecular formula is C25H27N3O4. The molecule has 166 valence electrons. The molecule has 0 saturated carbocycles. The number of nitrogens with one attached hydrogen (secondary N) is 2. The SMILES string of the molecule is COc1ccccc1[C@@H](CNC(=O)c1ccc(NC(=O)c2ccco2)cc1)N1CCCC1. The number of carbonyl (C=O) groups is 2. The molecule has 0 radical (unpaired) electrons. The number of para-hydroxylation sites is 1. The zero-order chi connectivity index (χ0) is 22.3. The number of benzene rings is 2. The van der Waals surface area contributed by atoms with Gasteiger partial charge in [0, 0.05) is 23.4 Å². The van der Waals surface area contributed by atoms with Crippen molar-refractivity contribution in [3.05, 3.63) is 83.8 Å². The molecule has 0 bridgehead atoms. The van der Waals surface area contributed by atoms with Crippen molar-refractivity contribution in [3.63, 3.8) is 0 Å². The number of anilines is 1. The largest absolute Gasteiger partial charge is 0.496 e. The lowest BCUT2D eigenvalue weighted by Crippen LogP contribution is -2.37. The minimum atomic E-state index is -0.336. The van der Waals surface area contributed by atoms with Crippen molar-refractivity contribution in [2.24, 2.45) is 0 Å². The summed E-state index contributed by atoms with van der Waals surface area (Å²) in [5.41, 5.74) is 2.20. The number of furan rings is 1. The molecule has 1 saturated heterocycles. The zero-order valence-corrected chi connectivity index (χ0v) is 18.0. The molecule has 2 aromatic carbocycles. The molecule has 1 aliphatic heterocycles. The van der Waals surface area contributed by atoms with Gasteiger partial charge in [0.15, 0.2) is 5.76 Å². The Morgan fingerprint density at radius 1 is 1.00 bits per heavy atom. The third-order valence-electron chi connectivity index (χ3n) is 5.69.